The Kier molecular flexibility index (Phi) is 6.07. The zero-order chi connectivity index (χ0) is 20.9. The molecule has 4 rings (SSSR count). The number of aromatic nitrogens is 2. The van der Waals surface area contributed by atoms with Gasteiger partial charge in [0.15, 0.2) is 0 Å². The molecule has 0 atom stereocenters. The number of rotatable bonds is 7. The van der Waals surface area contributed by atoms with E-state index in [2.05, 4.69) is 10.4 Å². The second kappa shape index (κ2) is 9.07. The van der Waals surface area contributed by atoms with E-state index in [0.717, 1.165) is 31.2 Å². The van der Waals surface area contributed by atoms with Crippen molar-refractivity contribution >= 4 is 5.91 Å². The fourth-order valence-corrected chi connectivity index (χ4v) is 3.68. The van der Waals surface area contributed by atoms with Crippen LogP contribution in [-0.4, -0.2) is 21.7 Å². The van der Waals surface area contributed by atoms with Gasteiger partial charge >= 0.3 is 0 Å². The van der Waals surface area contributed by atoms with Crippen LogP contribution in [0.2, 0.25) is 0 Å². The lowest BCUT2D eigenvalue weighted by molar-refractivity contribution is 0.0933. The van der Waals surface area contributed by atoms with E-state index < -0.39 is 0 Å². The van der Waals surface area contributed by atoms with Crippen molar-refractivity contribution in [1.82, 2.24) is 15.1 Å². The highest BCUT2D eigenvalue weighted by molar-refractivity contribution is 5.96. The molecule has 0 unspecified atom stereocenters. The summed E-state index contributed by atoms with van der Waals surface area (Å²) in [7, 11) is 0. The number of nitrogens with zero attached hydrogens (tertiary/aromatic N) is 2. The molecule has 1 heterocycles. The molecule has 30 heavy (non-hydrogen) atoms. The topological polar surface area (TPSA) is 56.2 Å². The maximum atomic E-state index is 13.5. The van der Waals surface area contributed by atoms with Crippen molar-refractivity contribution in [2.75, 3.05) is 0 Å². The van der Waals surface area contributed by atoms with E-state index in [1.54, 1.807) is 35.1 Å². The summed E-state index contributed by atoms with van der Waals surface area (Å²) in [4.78, 5) is 12.8. The third-order valence-corrected chi connectivity index (χ3v) is 5.16. The lowest BCUT2D eigenvalue weighted by atomic mass is 10.2. The van der Waals surface area contributed by atoms with Gasteiger partial charge in [-0.2, -0.15) is 0 Å². The molecule has 0 saturated heterocycles. The fraction of sp³-hybridized carbons (Fsp3) is 0.304. The second-order valence-corrected chi connectivity index (χ2v) is 7.55. The Morgan fingerprint density at radius 3 is 2.43 bits per heavy atom. The zero-order valence-corrected chi connectivity index (χ0v) is 16.5. The van der Waals surface area contributed by atoms with E-state index in [0.29, 0.717) is 17.7 Å². The molecule has 1 aromatic heterocycles. The van der Waals surface area contributed by atoms with Crippen molar-refractivity contribution in [3.8, 4) is 5.88 Å². The molecule has 1 saturated carbocycles. The quantitative estimate of drug-likeness (QED) is 0.625. The number of ether oxygens (including phenoxy) is 1. The van der Waals surface area contributed by atoms with Crippen LogP contribution in [0.1, 0.15) is 47.2 Å². The summed E-state index contributed by atoms with van der Waals surface area (Å²) >= 11 is 0. The molecule has 1 amide bonds. The summed E-state index contributed by atoms with van der Waals surface area (Å²) in [6.07, 6.45) is 5.74. The molecule has 0 bridgehead atoms. The van der Waals surface area contributed by atoms with Crippen molar-refractivity contribution in [1.29, 1.82) is 0 Å². The van der Waals surface area contributed by atoms with Crippen LogP contribution in [0, 0.1) is 11.6 Å². The van der Waals surface area contributed by atoms with E-state index in [9.17, 15) is 13.6 Å². The molecule has 1 N–H and O–H groups in total. The SMILES string of the molecule is O=C(NC1CCCC1)c1cn(Cc2cccc(F)c2)nc1OCc1cccc(F)c1. The van der Waals surface area contributed by atoms with Gasteiger partial charge in [-0.1, -0.05) is 37.1 Å². The third kappa shape index (κ3) is 5.03. The summed E-state index contributed by atoms with van der Waals surface area (Å²) in [6.45, 7) is 0.378. The maximum Gasteiger partial charge on any atom is 0.258 e. The fourth-order valence-electron chi connectivity index (χ4n) is 3.68. The lowest BCUT2D eigenvalue weighted by Crippen LogP contribution is -2.32. The lowest BCUT2D eigenvalue weighted by Gasteiger charge is -2.11. The number of halogens is 2. The molecule has 7 heteroatoms. The van der Waals surface area contributed by atoms with Gasteiger partial charge in [0.05, 0.1) is 6.54 Å². The number of hydrogen-bond donors (Lipinski definition) is 1. The van der Waals surface area contributed by atoms with E-state index in [4.69, 9.17) is 4.74 Å². The van der Waals surface area contributed by atoms with Gasteiger partial charge in [0.25, 0.3) is 5.91 Å². The van der Waals surface area contributed by atoms with Crippen LogP contribution in [0.15, 0.2) is 54.7 Å². The van der Waals surface area contributed by atoms with Crippen molar-refractivity contribution in [3.63, 3.8) is 0 Å². The van der Waals surface area contributed by atoms with Gasteiger partial charge in [-0.3, -0.25) is 9.48 Å². The van der Waals surface area contributed by atoms with E-state index >= 15 is 0 Å². The predicted octanol–water partition coefficient (Wildman–Crippen LogP) is 4.46. The van der Waals surface area contributed by atoms with Gasteiger partial charge in [0.1, 0.15) is 23.8 Å². The predicted molar refractivity (Wildman–Crippen MR) is 108 cm³/mol. The smallest absolute Gasteiger partial charge is 0.258 e. The number of carbonyl (C=O) groups excluding carboxylic acids is 1. The highest BCUT2D eigenvalue weighted by Crippen LogP contribution is 2.22. The highest BCUT2D eigenvalue weighted by atomic mass is 19.1. The van der Waals surface area contributed by atoms with E-state index in [-0.39, 0.29) is 36.1 Å². The molecular formula is C23H23F2N3O2. The van der Waals surface area contributed by atoms with Gasteiger partial charge in [-0.15, -0.1) is 5.10 Å². The summed E-state index contributed by atoms with van der Waals surface area (Å²) in [5.74, 6) is -0.763. The summed E-state index contributed by atoms with van der Waals surface area (Å²) in [5.41, 5.74) is 1.67. The Balaban J connectivity index is 1.54. The first-order valence-electron chi connectivity index (χ1n) is 10.1. The molecule has 0 radical (unpaired) electrons. The first-order valence-corrected chi connectivity index (χ1v) is 10.1. The van der Waals surface area contributed by atoms with Gasteiger partial charge < -0.3 is 10.1 Å². The third-order valence-electron chi connectivity index (χ3n) is 5.16. The van der Waals surface area contributed by atoms with Gasteiger partial charge in [-0.25, -0.2) is 8.78 Å². The number of benzene rings is 2. The largest absolute Gasteiger partial charge is 0.471 e. The summed E-state index contributed by atoms with van der Waals surface area (Å²) in [6, 6.07) is 12.4. The average Bonchev–Trinajstić information content (AvgIpc) is 3.36. The number of hydrogen-bond acceptors (Lipinski definition) is 3. The van der Waals surface area contributed by atoms with E-state index in [1.807, 2.05) is 0 Å². The van der Waals surface area contributed by atoms with Crippen LogP contribution in [0.4, 0.5) is 8.78 Å². The first-order chi connectivity index (χ1) is 14.6. The van der Waals surface area contributed by atoms with Crippen molar-refractivity contribution in [2.24, 2.45) is 0 Å². The molecule has 3 aromatic rings. The molecule has 5 nitrogen and oxygen atoms in total. The number of carbonyl (C=O) groups is 1. The first kappa shape index (κ1) is 20.1. The Morgan fingerprint density at radius 1 is 1.07 bits per heavy atom. The summed E-state index contributed by atoms with van der Waals surface area (Å²) in [5, 5.41) is 7.42. The number of nitrogens with one attached hydrogen (secondary N) is 1. The van der Waals surface area contributed by atoms with Gasteiger partial charge in [0.2, 0.25) is 5.88 Å². The zero-order valence-electron chi connectivity index (χ0n) is 16.5. The minimum absolute atomic E-state index is 0.0818. The van der Waals surface area contributed by atoms with Crippen molar-refractivity contribution in [2.45, 2.75) is 44.9 Å². The Bertz CT molecular complexity index is 1030. The minimum atomic E-state index is -0.355. The highest BCUT2D eigenvalue weighted by Gasteiger charge is 2.23. The minimum Gasteiger partial charge on any atom is -0.471 e. The van der Waals surface area contributed by atoms with Crippen LogP contribution < -0.4 is 10.1 Å². The molecule has 0 spiro atoms. The maximum absolute atomic E-state index is 13.5. The van der Waals surface area contributed by atoms with Crippen molar-refractivity contribution < 1.29 is 18.3 Å². The van der Waals surface area contributed by atoms with Gasteiger partial charge in [-0.05, 0) is 48.2 Å². The average molecular weight is 411 g/mol. The standard InChI is InChI=1S/C23H23F2N3O2/c24-18-7-3-5-16(11-18)13-28-14-21(22(29)26-20-9-1-2-10-20)23(27-28)30-15-17-6-4-8-19(25)12-17/h3-8,11-12,14,20H,1-2,9-10,13,15H2,(H,26,29). The van der Waals surface area contributed by atoms with Crippen LogP contribution in [-0.2, 0) is 13.2 Å². The normalized spacial score (nSPS) is 14.1. The molecule has 1 aliphatic carbocycles. The van der Waals surface area contributed by atoms with Crippen LogP contribution in [0.25, 0.3) is 0 Å². The Morgan fingerprint density at radius 2 is 1.73 bits per heavy atom. The van der Waals surface area contributed by atoms with Gasteiger partial charge in [0, 0.05) is 12.2 Å². The second-order valence-electron chi connectivity index (χ2n) is 7.55. The van der Waals surface area contributed by atoms with Crippen LogP contribution in [0.3, 0.4) is 0 Å². The van der Waals surface area contributed by atoms with E-state index in [1.165, 1.54) is 24.3 Å². The Labute approximate surface area is 173 Å². The summed E-state index contributed by atoms with van der Waals surface area (Å²) < 4.78 is 34.3. The molecule has 1 aliphatic rings. The molecule has 1 fully saturated rings. The molecule has 2 aromatic carbocycles. The van der Waals surface area contributed by atoms with Crippen molar-refractivity contribution in [3.05, 3.63) is 83.1 Å². The van der Waals surface area contributed by atoms with Crippen LogP contribution >= 0.6 is 0 Å². The Hall–Kier alpha value is -3.22. The van der Waals surface area contributed by atoms with Crippen LogP contribution in [0.5, 0.6) is 5.88 Å². The monoisotopic (exact) mass is 411 g/mol. The molecule has 0 aliphatic heterocycles. The number of amides is 1. The molecular weight excluding hydrogens is 388 g/mol. The molecule has 156 valence electrons.